The van der Waals surface area contributed by atoms with Crippen molar-refractivity contribution >= 4 is 46.6 Å². The van der Waals surface area contributed by atoms with Crippen molar-refractivity contribution in [3.8, 4) is 0 Å². The number of hydrogen-bond acceptors (Lipinski definition) is 4. The lowest BCUT2D eigenvalue weighted by Crippen LogP contribution is -2.54. The largest absolute Gasteiger partial charge is 0.366 e. The Morgan fingerprint density at radius 2 is 1.87 bits per heavy atom. The molecule has 0 aromatic heterocycles. The van der Waals surface area contributed by atoms with E-state index < -0.39 is 11.8 Å². The molecule has 0 saturated carbocycles. The second-order valence-corrected chi connectivity index (χ2v) is 9.16. The van der Waals surface area contributed by atoms with Crippen molar-refractivity contribution in [3.63, 3.8) is 0 Å². The summed E-state index contributed by atoms with van der Waals surface area (Å²) < 4.78 is 0. The number of fused-ring (bicyclic) bond motifs is 1. The maximum atomic E-state index is 13.2. The van der Waals surface area contributed by atoms with Gasteiger partial charge in [-0.2, -0.15) is 0 Å². The highest BCUT2D eigenvalue weighted by Gasteiger charge is 2.36. The predicted molar refractivity (Wildman–Crippen MR) is 129 cm³/mol. The third-order valence-electron chi connectivity index (χ3n) is 6.15. The van der Waals surface area contributed by atoms with E-state index in [1.165, 1.54) is 16.2 Å². The molecule has 4 rings (SSSR count). The van der Waals surface area contributed by atoms with Crippen LogP contribution >= 0.6 is 12.2 Å². The zero-order valence-electron chi connectivity index (χ0n) is 18.3. The summed E-state index contributed by atoms with van der Waals surface area (Å²) in [5.41, 5.74) is 4.10. The Bertz CT molecular complexity index is 1090. The van der Waals surface area contributed by atoms with Crippen LogP contribution in [0, 0.1) is 0 Å². The van der Waals surface area contributed by atoms with Gasteiger partial charge in [0, 0.05) is 17.8 Å². The van der Waals surface area contributed by atoms with Crippen molar-refractivity contribution in [1.82, 2.24) is 5.32 Å². The van der Waals surface area contributed by atoms with Gasteiger partial charge in [0.2, 0.25) is 0 Å². The highest BCUT2D eigenvalue weighted by atomic mass is 32.1. The molecule has 1 N–H and O–H groups in total. The minimum atomic E-state index is -0.468. The van der Waals surface area contributed by atoms with Crippen molar-refractivity contribution in [2.75, 3.05) is 16.3 Å². The van der Waals surface area contributed by atoms with E-state index in [-0.39, 0.29) is 16.2 Å². The van der Waals surface area contributed by atoms with Crippen LogP contribution in [0.3, 0.4) is 0 Å². The number of para-hydroxylation sites is 1. The molecule has 5 nitrogen and oxygen atoms in total. The van der Waals surface area contributed by atoms with Gasteiger partial charge in [-0.15, -0.1) is 0 Å². The molecule has 2 aromatic rings. The first-order chi connectivity index (χ1) is 14.7. The third kappa shape index (κ3) is 3.76. The standard InChI is InChI=1S/C25H27N3O2S/c1-5-27-21-12-11-17(13-19(21)16(2)15-25(27,3)4)14-20-22(29)26-24(31)28(23(20)30)18-9-7-6-8-10-18/h6-14,16H,5,15H2,1-4H3,(H,26,29,31)/b20-14+/t16-/m1/s1. The molecule has 31 heavy (non-hydrogen) atoms. The van der Waals surface area contributed by atoms with E-state index in [0.717, 1.165) is 18.5 Å². The highest BCUT2D eigenvalue weighted by Crippen LogP contribution is 2.43. The monoisotopic (exact) mass is 433 g/mol. The predicted octanol–water partition coefficient (Wildman–Crippen LogP) is 4.63. The van der Waals surface area contributed by atoms with Crippen molar-refractivity contribution in [3.05, 3.63) is 65.2 Å². The molecule has 2 heterocycles. The van der Waals surface area contributed by atoms with E-state index in [1.54, 1.807) is 18.2 Å². The Labute approximate surface area is 188 Å². The number of benzene rings is 2. The molecular weight excluding hydrogens is 406 g/mol. The molecule has 1 saturated heterocycles. The van der Waals surface area contributed by atoms with Crippen LogP contribution in [0.2, 0.25) is 0 Å². The molecule has 160 valence electrons. The van der Waals surface area contributed by atoms with Crippen molar-refractivity contribution in [1.29, 1.82) is 0 Å². The maximum Gasteiger partial charge on any atom is 0.270 e. The van der Waals surface area contributed by atoms with E-state index in [0.29, 0.717) is 11.6 Å². The smallest absolute Gasteiger partial charge is 0.270 e. The Morgan fingerprint density at radius 3 is 2.55 bits per heavy atom. The Hall–Kier alpha value is -2.99. The quantitative estimate of drug-likeness (QED) is 0.436. The summed E-state index contributed by atoms with van der Waals surface area (Å²) in [5.74, 6) is -0.498. The van der Waals surface area contributed by atoms with Gasteiger partial charge in [-0.1, -0.05) is 31.2 Å². The summed E-state index contributed by atoms with van der Waals surface area (Å²) in [4.78, 5) is 29.6. The summed E-state index contributed by atoms with van der Waals surface area (Å²) in [7, 11) is 0. The number of hydrogen-bond donors (Lipinski definition) is 1. The summed E-state index contributed by atoms with van der Waals surface area (Å²) >= 11 is 5.26. The Kier molecular flexibility index (Phi) is 5.43. The average molecular weight is 434 g/mol. The summed E-state index contributed by atoms with van der Waals surface area (Å²) in [6, 6.07) is 15.3. The van der Waals surface area contributed by atoms with Crippen molar-refractivity contribution < 1.29 is 9.59 Å². The maximum absolute atomic E-state index is 13.2. The Morgan fingerprint density at radius 1 is 1.16 bits per heavy atom. The first-order valence-corrected chi connectivity index (χ1v) is 11.0. The number of nitrogens with one attached hydrogen (secondary N) is 1. The fraction of sp³-hybridized carbons (Fsp3) is 0.320. The van der Waals surface area contributed by atoms with Crippen LogP contribution in [-0.2, 0) is 9.59 Å². The summed E-state index contributed by atoms with van der Waals surface area (Å²) in [6.45, 7) is 9.88. The lowest BCUT2D eigenvalue weighted by Gasteiger charge is -2.47. The van der Waals surface area contributed by atoms with Crippen LogP contribution in [0.15, 0.2) is 54.1 Å². The molecule has 0 spiro atoms. The molecule has 0 bridgehead atoms. The molecule has 6 heteroatoms. The molecule has 2 amide bonds. The van der Waals surface area contributed by atoms with Gasteiger partial charge in [0.15, 0.2) is 5.11 Å². The molecule has 0 unspecified atom stereocenters. The van der Waals surface area contributed by atoms with Gasteiger partial charge < -0.3 is 4.90 Å². The topological polar surface area (TPSA) is 52.7 Å². The number of amides is 2. The van der Waals surface area contributed by atoms with Crippen LogP contribution in [0.1, 0.15) is 51.2 Å². The molecule has 2 aromatic carbocycles. The van der Waals surface area contributed by atoms with Gasteiger partial charge in [0.1, 0.15) is 5.57 Å². The number of carbonyl (C=O) groups is 2. The van der Waals surface area contributed by atoms with E-state index in [4.69, 9.17) is 12.2 Å². The van der Waals surface area contributed by atoms with E-state index in [1.807, 2.05) is 24.3 Å². The number of thiocarbonyl (C=S) groups is 1. The minimum absolute atomic E-state index is 0.0774. The number of nitrogens with zero attached hydrogens (tertiary/aromatic N) is 2. The molecule has 0 radical (unpaired) electrons. The van der Waals surface area contributed by atoms with Gasteiger partial charge >= 0.3 is 0 Å². The van der Waals surface area contributed by atoms with Gasteiger partial charge in [-0.05, 0) is 86.8 Å². The van der Waals surface area contributed by atoms with Crippen molar-refractivity contribution in [2.45, 2.75) is 45.6 Å². The van der Waals surface area contributed by atoms with E-state index in [9.17, 15) is 9.59 Å². The van der Waals surface area contributed by atoms with Gasteiger partial charge in [-0.25, -0.2) is 0 Å². The highest BCUT2D eigenvalue weighted by molar-refractivity contribution is 7.80. The fourth-order valence-electron chi connectivity index (χ4n) is 4.83. The van der Waals surface area contributed by atoms with E-state index in [2.05, 4.69) is 50.0 Å². The van der Waals surface area contributed by atoms with Crippen LogP contribution in [0.25, 0.3) is 6.08 Å². The van der Waals surface area contributed by atoms with Crippen LogP contribution in [-0.4, -0.2) is 29.0 Å². The molecule has 2 aliphatic rings. The van der Waals surface area contributed by atoms with Gasteiger partial charge in [0.25, 0.3) is 11.8 Å². The zero-order chi connectivity index (χ0) is 22.3. The first kappa shape index (κ1) is 21.2. The Balaban J connectivity index is 1.73. The number of rotatable bonds is 3. The molecule has 1 atom stereocenters. The second kappa shape index (κ2) is 7.93. The first-order valence-electron chi connectivity index (χ1n) is 10.6. The third-order valence-corrected chi connectivity index (χ3v) is 6.44. The van der Waals surface area contributed by atoms with Gasteiger partial charge in [0.05, 0.1) is 5.69 Å². The molecule has 2 aliphatic heterocycles. The second-order valence-electron chi connectivity index (χ2n) is 8.77. The summed E-state index contributed by atoms with van der Waals surface area (Å²) in [6.07, 6.45) is 2.71. The number of carbonyl (C=O) groups excluding carboxylic acids is 2. The summed E-state index contributed by atoms with van der Waals surface area (Å²) in [5, 5.41) is 2.74. The van der Waals surface area contributed by atoms with Crippen molar-refractivity contribution in [2.24, 2.45) is 0 Å². The minimum Gasteiger partial charge on any atom is -0.366 e. The fourth-order valence-corrected chi connectivity index (χ4v) is 5.11. The van der Waals surface area contributed by atoms with Crippen LogP contribution in [0.5, 0.6) is 0 Å². The zero-order valence-corrected chi connectivity index (χ0v) is 19.1. The molecule has 1 fully saturated rings. The lowest BCUT2D eigenvalue weighted by molar-refractivity contribution is -0.122. The lowest BCUT2D eigenvalue weighted by atomic mass is 9.79. The average Bonchev–Trinajstić information content (AvgIpc) is 2.72. The normalized spacial score (nSPS) is 21.9. The SMILES string of the molecule is CCN1c2ccc(/C=C3\C(=O)NC(=S)N(c4ccccc4)C3=O)cc2[C@H](C)CC1(C)C. The molecule has 0 aliphatic carbocycles. The van der Waals surface area contributed by atoms with Crippen LogP contribution in [0.4, 0.5) is 11.4 Å². The van der Waals surface area contributed by atoms with E-state index >= 15 is 0 Å². The number of anilines is 2. The van der Waals surface area contributed by atoms with Crippen LogP contribution < -0.4 is 15.1 Å². The van der Waals surface area contributed by atoms with Gasteiger partial charge in [-0.3, -0.25) is 19.8 Å². The molecular formula is C25H27N3O2S.